The van der Waals surface area contributed by atoms with Crippen LogP contribution in [0, 0.1) is 5.92 Å². The predicted molar refractivity (Wildman–Crippen MR) is 78.4 cm³/mol. The average molecular weight is 284 g/mol. The molecule has 1 rings (SSSR count). The molecule has 1 unspecified atom stereocenters. The quantitative estimate of drug-likeness (QED) is 0.763. The number of nitrogens with one attached hydrogen (secondary N) is 1. The van der Waals surface area contributed by atoms with E-state index in [1.165, 1.54) is 26.4 Å². The van der Waals surface area contributed by atoms with Gasteiger partial charge in [-0.1, -0.05) is 33.1 Å². The summed E-state index contributed by atoms with van der Waals surface area (Å²) < 4.78 is 4.72. The number of urea groups is 1. The summed E-state index contributed by atoms with van der Waals surface area (Å²) in [4.78, 5) is 25.5. The van der Waals surface area contributed by atoms with Crippen LogP contribution in [-0.4, -0.2) is 43.1 Å². The molecular formula is C15H28N2O3. The van der Waals surface area contributed by atoms with Crippen LogP contribution < -0.4 is 5.32 Å². The van der Waals surface area contributed by atoms with Crippen LogP contribution in [0.15, 0.2) is 0 Å². The Hall–Kier alpha value is -1.26. The molecule has 0 aliphatic heterocycles. The van der Waals surface area contributed by atoms with Gasteiger partial charge >= 0.3 is 12.0 Å². The van der Waals surface area contributed by atoms with Gasteiger partial charge < -0.3 is 15.0 Å². The first-order chi connectivity index (χ1) is 9.58. The van der Waals surface area contributed by atoms with Crippen molar-refractivity contribution in [3.63, 3.8) is 0 Å². The van der Waals surface area contributed by atoms with E-state index in [1.54, 1.807) is 11.8 Å². The fourth-order valence-corrected chi connectivity index (χ4v) is 2.66. The molecule has 0 aromatic rings. The van der Waals surface area contributed by atoms with Crippen molar-refractivity contribution in [1.82, 2.24) is 10.2 Å². The van der Waals surface area contributed by atoms with Crippen LogP contribution in [0.5, 0.6) is 0 Å². The number of hydrogen-bond donors (Lipinski definition) is 1. The summed E-state index contributed by atoms with van der Waals surface area (Å²) in [5.74, 6) is -0.555. The Balaban J connectivity index is 2.50. The van der Waals surface area contributed by atoms with Gasteiger partial charge in [-0.05, 0) is 19.3 Å². The smallest absolute Gasteiger partial charge is 0.317 e. The molecule has 1 N–H and O–H groups in total. The van der Waals surface area contributed by atoms with E-state index in [9.17, 15) is 9.59 Å². The van der Waals surface area contributed by atoms with Crippen LogP contribution in [0.4, 0.5) is 4.79 Å². The Kier molecular flexibility index (Phi) is 7.41. The van der Waals surface area contributed by atoms with Gasteiger partial charge in [-0.3, -0.25) is 4.79 Å². The molecule has 20 heavy (non-hydrogen) atoms. The standard InChI is InChI=1S/C15H28N2O3/c1-4-10-17(11-12(2)14(18)20-3)15(19)16-13-8-6-5-7-9-13/h12-13H,4-11H2,1-3H3,(H,16,19). The Bertz CT molecular complexity index is 314. The number of nitrogens with zero attached hydrogens (tertiary/aromatic N) is 1. The Labute approximate surface area is 122 Å². The zero-order valence-electron chi connectivity index (χ0n) is 13.0. The van der Waals surface area contributed by atoms with Gasteiger partial charge in [-0.25, -0.2) is 4.79 Å². The van der Waals surface area contributed by atoms with Gasteiger partial charge in [0, 0.05) is 19.1 Å². The third kappa shape index (κ3) is 5.39. The zero-order valence-corrected chi connectivity index (χ0v) is 13.0. The number of amides is 2. The van der Waals surface area contributed by atoms with E-state index in [4.69, 9.17) is 4.74 Å². The highest BCUT2D eigenvalue weighted by Gasteiger charge is 2.23. The van der Waals surface area contributed by atoms with Crippen LogP contribution >= 0.6 is 0 Å². The molecule has 0 radical (unpaired) electrons. The average Bonchev–Trinajstić information content (AvgIpc) is 2.46. The molecule has 1 aliphatic rings. The molecule has 1 saturated carbocycles. The van der Waals surface area contributed by atoms with E-state index in [0.29, 0.717) is 19.1 Å². The van der Waals surface area contributed by atoms with Crippen LogP contribution in [0.2, 0.25) is 0 Å². The predicted octanol–water partition coefficient (Wildman–Crippen LogP) is 2.55. The zero-order chi connectivity index (χ0) is 15.0. The summed E-state index contributed by atoms with van der Waals surface area (Å²) in [6.45, 7) is 4.91. The Morgan fingerprint density at radius 3 is 2.50 bits per heavy atom. The lowest BCUT2D eigenvalue weighted by atomic mass is 9.96. The molecule has 0 aromatic carbocycles. The number of esters is 1. The summed E-state index contributed by atoms with van der Waals surface area (Å²) in [7, 11) is 1.38. The minimum Gasteiger partial charge on any atom is -0.469 e. The van der Waals surface area contributed by atoms with Crippen molar-refractivity contribution in [2.24, 2.45) is 5.92 Å². The summed E-state index contributed by atoms with van der Waals surface area (Å²) >= 11 is 0. The maximum Gasteiger partial charge on any atom is 0.317 e. The molecule has 5 nitrogen and oxygen atoms in total. The summed E-state index contributed by atoms with van der Waals surface area (Å²) in [5, 5.41) is 3.10. The number of rotatable bonds is 6. The van der Waals surface area contributed by atoms with Gasteiger partial charge in [0.25, 0.3) is 0 Å². The number of carbonyl (C=O) groups excluding carboxylic acids is 2. The second kappa shape index (κ2) is 8.82. The molecule has 0 saturated heterocycles. The molecule has 0 bridgehead atoms. The normalized spacial score (nSPS) is 17.4. The van der Waals surface area contributed by atoms with E-state index in [1.807, 2.05) is 6.92 Å². The van der Waals surface area contributed by atoms with Gasteiger partial charge in [0.05, 0.1) is 13.0 Å². The summed E-state index contributed by atoms with van der Waals surface area (Å²) in [5.41, 5.74) is 0. The first-order valence-corrected chi connectivity index (χ1v) is 7.71. The van der Waals surface area contributed by atoms with Crippen molar-refractivity contribution in [2.75, 3.05) is 20.2 Å². The summed E-state index contributed by atoms with van der Waals surface area (Å²) in [6, 6.07) is 0.249. The molecule has 0 spiro atoms. The van der Waals surface area contributed by atoms with Crippen LogP contribution in [0.25, 0.3) is 0 Å². The molecule has 116 valence electrons. The number of hydrogen-bond acceptors (Lipinski definition) is 3. The Morgan fingerprint density at radius 2 is 1.95 bits per heavy atom. The first kappa shape index (κ1) is 16.8. The molecular weight excluding hydrogens is 256 g/mol. The van der Waals surface area contributed by atoms with Crippen molar-refractivity contribution >= 4 is 12.0 Å². The first-order valence-electron chi connectivity index (χ1n) is 7.71. The minimum absolute atomic E-state index is 0.0468. The minimum atomic E-state index is -0.288. The largest absolute Gasteiger partial charge is 0.469 e. The maximum atomic E-state index is 12.3. The lowest BCUT2D eigenvalue weighted by Gasteiger charge is -2.29. The lowest BCUT2D eigenvalue weighted by Crippen LogP contribution is -2.47. The molecule has 1 fully saturated rings. The third-order valence-electron chi connectivity index (χ3n) is 3.81. The van der Waals surface area contributed by atoms with Crippen molar-refractivity contribution in [3.8, 4) is 0 Å². The van der Waals surface area contributed by atoms with Gasteiger partial charge in [0.2, 0.25) is 0 Å². The van der Waals surface area contributed by atoms with E-state index < -0.39 is 0 Å². The molecule has 2 amide bonds. The summed E-state index contributed by atoms with van der Waals surface area (Å²) in [6.07, 6.45) is 6.67. The molecule has 1 aliphatic carbocycles. The van der Waals surface area contributed by atoms with Crippen molar-refractivity contribution in [2.45, 2.75) is 58.4 Å². The third-order valence-corrected chi connectivity index (χ3v) is 3.81. The number of carbonyl (C=O) groups is 2. The SMILES string of the molecule is CCCN(CC(C)C(=O)OC)C(=O)NC1CCCCC1. The topological polar surface area (TPSA) is 58.6 Å². The Morgan fingerprint density at radius 1 is 1.30 bits per heavy atom. The fraction of sp³-hybridized carbons (Fsp3) is 0.867. The van der Waals surface area contributed by atoms with Crippen molar-refractivity contribution in [1.29, 1.82) is 0 Å². The molecule has 0 heterocycles. The lowest BCUT2D eigenvalue weighted by molar-refractivity contribution is -0.145. The van der Waals surface area contributed by atoms with Crippen molar-refractivity contribution in [3.05, 3.63) is 0 Å². The highest BCUT2D eigenvalue weighted by atomic mass is 16.5. The molecule has 5 heteroatoms. The van der Waals surface area contributed by atoms with Crippen LogP contribution in [0.1, 0.15) is 52.4 Å². The van der Waals surface area contributed by atoms with Crippen LogP contribution in [0.3, 0.4) is 0 Å². The highest BCUT2D eigenvalue weighted by Crippen LogP contribution is 2.17. The second-order valence-corrected chi connectivity index (χ2v) is 5.65. The van der Waals surface area contributed by atoms with Gasteiger partial charge in [0.15, 0.2) is 0 Å². The van der Waals surface area contributed by atoms with Crippen molar-refractivity contribution < 1.29 is 14.3 Å². The van der Waals surface area contributed by atoms with E-state index in [2.05, 4.69) is 5.32 Å². The van der Waals surface area contributed by atoms with Crippen LogP contribution in [-0.2, 0) is 9.53 Å². The monoisotopic (exact) mass is 284 g/mol. The molecule has 1 atom stereocenters. The second-order valence-electron chi connectivity index (χ2n) is 5.65. The maximum absolute atomic E-state index is 12.3. The fourth-order valence-electron chi connectivity index (χ4n) is 2.66. The van der Waals surface area contributed by atoms with E-state index in [-0.39, 0.29) is 17.9 Å². The number of methoxy groups -OCH3 is 1. The number of ether oxygens (including phenoxy) is 1. The van der Waals surface area contributed by atoms with Gasteiger partial charge in [0.1, 0.15) is 0 Å². The van der Waals surface area contributed by atoms with Gasteiger partial charge in [-0.2, -0.15) is 0 Å². The van der Waals surface area contributed by atoms with E-state index in [0.717, 1.165) is 19.3 Å². The van der Waals surface area contributed by atoms with Gasteiger partial charge in [-0.15, -0.1) is 0 Å². The highest BCUT2D eigenvalue weighted by molar-refractivity contribution is 5.76. The molecule has 0 aromatic heterocycles. The van der Waals surface area contributed by atoms with E-state index >= 15 is 0 Å².